The van der Waals surface area contributed by atoms with Crippen LogP contribution < -0.4 is 14.4 Å². The number of anilines is 1. The molecule has 1 fully saturated rings. The van der Waals surface area contributed by atoms with Crippen LogP contribution in [0, 0.1) is 0 Å². The van der Waals surface area contributed by atoms with E-state index < -0.39 is 0 Å². The largest absolute Gasteiger partial charge is 0.493 e. The summed E-state index contributed by atoms with van der Waals surface area (Å²) < 4.78 is 13.4. The van der Waals surface area contributed by atoms with Gasteiger partial charge in [-0.1, -0.05) is 59.3 Å². The topological polar surface area (TPSA) is 38.8 Å². The van der Waals surface area contributed by atoms with Crippen molar-refractivity contribution >= 4 is 101 Å². The first-order chi connectivity index (χ1) is 16.3. The number of nitrogens with zero attached hydrogens (tertiary/aromatic N) is 1. The second kappa shape index (κ2) is 11.0. The molecule has 4 nitrogen and oxygen atoms in total. The number of thiocarbonyl (C=S) groups is 1. The second-order valence-corrected chi connectivity index (χ2v) is 11.3. The Morgan fingerprint density at radius 1 is 1.06 bits per heavy atom. The molecule has 0 N–H and O–H groups in total. The molecule has 1 amide bonds. The Balaban J connectivity index is 1.58. The summed E-state index contributed by atoms with van der Waals surface area (Å²) in [7, 11) is 1.57. The van der Waals surface area contributed by atoms with Gasteiger partial charge in [0.05, 0.1) is 27.2 Å². The predicted octanol–water partition coefficient (Wildman–Crippen LogP) is 8.51. The molecule has 0 atom stereocenters. The van der Waals surface area contributed by atoms with Gasteiger partial charge in [-0.3, -0.25) is 9.69 Å². The van der Waals surface area contributed by atoms with Crippen LogP contribution in [0.15, 0.2) is 68.4 Å². The number of benzene rings is 3. The van der Waals surface area contributed by atoms with Crippen molar-refractivity contribution in [1.29, 1.82) is 0 Å². The number of thioether (sulfide) groups is 1. The molecule has 0 saturated carbocycles. The van der Waals surface area contributed by atoms with Crippen molar-refractivity contribution in [1.82, 2.24) is 0 Å². The van der Waals surface area contributed by atoms with E-state index in [2.05, 4.69) is 31.9 Å². The second-order valence-electron chi connectivity index (χ2n) is 7.06. The Kier molecular flexibility index (Phi) is 8.28. The number of carbonyl (C=O) groups excluding carboxylic acids is 1. The number of ether oxygens (including phenoxy) is 2. The van der Waals surface area contributed by atoms with E-state index in [4.69, 9.17) is 44.9 Å². The lowest BCUT2D eigenvalue weighted by molar-refractivity contribution is -0.113. The molecule has 1 heterocycles. The molecule has 174 valence electrons. The van der Waals surface area contributed by atoms with Gasteiger partial charge in [0.1, 0.15) is 6.61 Å². The van der Waals surface area contributed by atoms with Crippen molar-refractivity contribution in [3.8, 4) is 11.5 Å². The van der Waals surface area contributed by atoms with Gasteiger partial charge < -0.3 is 9.47 Å². The molecular weight excluding hydrogens is 645 g/mol. The van der Waals surface area contributed by atoms with Gasteiger partial charge in [0, 0.05) is 9.50 Å². The maximum absolute atomic E-state index is 13.1. The third-order valence-electron chi connectivity index (χ3n) is 4.80. The fourth-order valence-corrected chi connectivity index (χ4v) is 5.59. The van der Waals surface area contributed by atoms with Crippen molar-refractivity contribution < 1.29 is 14.3 Å². The van der Waals surface area contributed by atoms with E-state index in [0.29, 0.717) is 47.5 Å². The van der Waals surface area contributed by atoms with Gasteiger partial charge in [-0.15, -0.1) is 0 Å². The van der Waals surface area contributed by atoms with Crippen LogP contribution in [0.5, 0.6) is 11.5 Å². The highest BCUT2D eigenvalue weighted by Crippen LogP contribution is 2.41. The van der Waals surface area contributed by atoms with Crippen LogP contribution in [0.3, 0.4) is 0 Å². The van der Waals surface area contributed by atoms with Crippen LogP contribution in [0.1, 0.15) is 11.1 Å². The fourth-order valence-electron chi connectivity index (χ4n) is 3.17. The highest BCUT2D eigenvalue weighted by atomic mass is 79.9. The number of carbonyl (C=O) groups is 1. The van der Waals surface area contributed by atoms with Gasteiger partial charge in [-0.25, -0.2) is 0 Å². The maximum atomic E-state index is 13.1. The van der Waals surface area contributed by atoms with Gasteiger partial charge in [0.15, 0.2) is 15.8 Å². The molecule has 1 aliphatic heterocycles. The zero-order valence-electron chi connectivity index (χ0n) is 17.5. The Hall–Kier alpha value is -1.55. The number of methoxy groups -OCH3 is 1. The molecule has 4 rings (SSSR count). The minimum Gasteiger partial charge on any atom is -0.493 e. The number of amides is 1. The zero-order valence-corrected chi connectivity index (χ0v) is 23.8. The molecule has 1 saturated heterocycles. The number of rotatable bonds is 6. The van der Waals surface area contributed by atoms with E-state index >= 15 is 0 Å². The molecule has 0 spiro atoms. The third kappa shape index (κ3) is 5.64. The van der Waals surface area contributed by atoms with Crippen molar-refractivity contribution in [3.63, 3.8) is 0 Å². The summed E-state index contributed by atoms with van der Waals surface area (Å²) in [5, 5.41) is 1.17. The Labute approximate surface area is 233 Å². The Bertz CT molecular complexity index is 1320. The van der Waals surface area contributed by atoms with Crippen LogP contribution in [0.4, 0.5) is 5.69 Å². The van der Waals surface area contributed by atoms with Gasteiger partial charge in [-0.2, -0.15) is 0 Å². The molecule has 34 heavy (non-hydrogen) atoms. The lowest BCUT2D eigenvalue weighted by Crippen LogP contribution is -2.27. The van der Waals surface area contributed by atoms with E-state index in [1.165, 1.54) is 16.7 Å². The molecule has 0 aliphatic carbocycles. The SMILES string of the molecule is COc1cc(C=C2SC(=S)N(c3ccc(Br)c(Cl)c3)C2=O)cc(Br)c1OCc1ccc(Cl)cc1. The van der Waals surface area contributed by atoms with Crippen LogP contribution in [-0.4, -0.2) is 17.3 Å². The van der Waals surface area contributed by atoms with Crippen molar-refractivity contribution in [2.24, 2.45) is 0 Å². The maximum Gasteiger partial charge on any atom is 0.270 e. The van der Waals surface area contributed by atoms with Gasteiger partial charge in [-0.05, 0) is 91.5 Å². The average molecular weight is 660 g/mol. The lowest BCUT2D eigenvalue weighted by Gasteiger charge is -2.15. The normalized spacial score (nSPS) is 14.7. The molecule has 1 aliphatic rings. The fraction of sp³-hybridized carbons (Fsp3) is 0.0833. The minimum absolute atomic E-state index is 0.216. The molecule has 0 aromatic heterocycles. The summed E-state index contributed by atoms with van der Waals surface area (Å²) in [4.78, 5) is 15.1. The molecule has 3 aromatic carbocycles. The quantitative estimate of drug-likeness (QED) is 0.196. The first-order valence-electron chi connectivity index (χ1n) is 9.74. The summed E-state index contributed by atoms with van der Waals surface area (Å²) in [6.07, 6.45) is 1.77. The monoisotopic (exact) mass is 657 g/mol. The van der Waals surface area contributed by atoms with Gasteiger partial charge in [0.25, 0.3) is 5.91 Å². The van der Waals surface area contributed by atoms with E-state index in [1.807, 2.05) is 36.4 Å². The Morgan fingerprint density at radius 3 is 2.47 bits per heavy atom. The van der Waals surface area contributed by atoms with Crippen LogP contribution >= 0.6 is 79.0 Å². The van der Waals surface area contributed by atoms with E-state index in [9.17, 15) is 4.79 Å². The first-order valence-corrected chi connectivity index (χ1v) is 13.3. The van der Waals surface area contributed by atoms with Crippen LogP contribution in [0.2, 0.25) is 10.0 Å². The minimum atomic E-state index is -0.216. The standard InChI is InChI=1S/C24H15Br2Cl2NO3S2/c1-31-20-9-14(8-18(26)22(20)32-12-13-2-4-15(27)5-3-13)10-21-23(30)29(24(33)34-21)16-6-7-17(25)19(28)11-16/h2-11H,12H2,1H3. The highest BCUT2D eigenvalue weighted by molar-refractivity contribution is 9.10. The highest BCUT2D eigenvalue weighted by Gasteiger charge is 2.33. The van der Waals surface area contributed by atoms with Crippen LogP contribution in [-0.2, 0) is 11.4 Å². The number of hydrogen-bond acceptors (Lipinski definition) is 5. The predicted molar refractivity (Wildman–Crippen MR) is 151 cm³/mol. The molecule has 0 bridgehead atoms. The van der Waals surface area contributed by atoms with Gasteiger partial charge in [0.2, 0.25) is 0 Å². The molecule has 0 unspecified atom stereocenters. The molecule has 10 heteroatoms. The number of hydrogen-bond donors (Lipinski definition) is 0. The van der Waals surface area contributed by atoms with E-state index in [-0.39, 0.29) is 5.91 Å². The summed E-state index contributed by atoms with van der Waals surface area (Å²) in [5.74, 6) is 0.878. The smallest absolute Gasteiger partial charge is 0.270 e. The van der Waals surface area contributed by atoms with Crippen LogP contribution in [0.25, 0.3) is 6.08 Å². The number of halogens is 4. The van der Waals surface area contributed by atoms with Crippen molar-refractivity contribution in [2.75, 3.05) is 12.0 Å². The van der Waals surface area contributed by atoms with E-state index in [1.54, 1.807) is 31.4 Å². The van der Waals surface area contributed by atoms with Crippen molar-refractivity contribution in [2.45, 2.75) is 6.61 Å². The summed E-state index contributed by atoms with van der Waals surface area (Å²) in [5.41, 5.74) is 2.35. The summed E-state index contributed by atoms with van der Waals surface area (Å²) >= 11 is 25.8. The molecule has 3 aromatic rings. The summed E-state index contributed by atoms with van der Waals surface area (Å²) in [6, 6.07) is 16.4. The van der Waals surface area contributed by atoms with Crippen molar-refractivity contribution in [3.05, 3.63) is 89.6 Å². The summed E-state index contributed by atoms with van der Waals surface area (Å²) in [6.45, 7) is 0.347. The third-order valence-corrected chi connectivity index (χ3v) is 8.18. The molecular formula is C24H15Br2Cl2NO3S2. The average Bonchev–Trinajstić information content (AvgIpc) is 3.08. The Morgan fingerprint density at radius 2 is 1.79 bits per heavy atom. The first kappa shape index (κ1) is 25.5. The lowest BCUT2D eigenvalue weighted by atomic mass is 10.1. The van der Waals surface area contributed by atoms with Gasteiger partial charge >= 0.3 is 0 Å². The molecule has 0 radical (unpaired) electrons. The zero-order chi connectivity index (χ0) is 24.4. The van der Waals surface area contributed by atoms with E-state index in [0.717, 1.165) is 15.6 Å².